The van der Waals surface area contributed by atoms with Crippen molar-refractivity contribution in [3.05, 3.63) is 35.9 Å². The summed E-state index contributed by atoms with van der Waals surface area (Å²) in [6, 6.07) is 7.91. The van der Waals surface area contributed by atoms with Gasteiger partial charge in [-0.3, -0.25) is 5.32 Å². The molecule has 0 aliphatic rings. The molecule has 0 saturated heterocycles. The van der Waals surface area contributed by atoms with E-state index in [0.29, 0.717) is 24.9 Å². The number of nitrogens with one attached hydrogen (secondary N) is 2. The smallest absolute Gasteiger partial charge is 0.339 e. The Kier molecular flexibility index (Phi) is 8.91. The van der Waals surface area contributed by atoms with Crippen LogP contribution in [0, 0.1) is 0 Å². The topological polar surface area (TPSA) is 120 Å². The number of carbonyl (C=O) groups is 2. The van der Waals surface area contributed by atoms with Gasteiger partial charge in [0.15, 0.2) is 0 Å². The first-order valence-corrected chi connectivity index (χ1v) is 7.65. The Morgan fingerprint density at radius 2 is 1.96 bits per heavy atom. The molecule has 1 rings (SSSR count). The van der Waals surface area contributed by atoms with Crippen LogP contribution in [-0.4, -0.2) is 47.4 Å². The first-order chi connectivity index (χ1) is 11.5. The van der Waals surface area contributed by atoms with Crippen LogP contribution >= 0.6 is 0 Å². The second kappa shape index (κ2) is 11.0. The fourth-order valence-electron chi connectivity index (χ4n) is 1.98. The number of hydrogen-bond donors (Lipinski definition) is 4. The van der Waals surface area contributed by atoms with Gasteiger partial charge in [-0.1, -0.05) is 23.4 Å². The quantitative estimate of drug-likeness (QED) is 0.0969. The number of carbonyl (C=O) groups excluding carboxylic acids is 1. The van der Waals surface area contributed by atoms with Gasteiger partial charge >= 0.3 is 11.9 Å². The summed E-state index contributed by atoms with van der Waals surface area (Å²) in [4.78, 5) is 22.7. The molecule has 0 heterocycles. The van der Waals surface area contributed by atoms with Crippen molar-refractivity contribution in [3.8, 4) is 0 Å². The maximum Gasteiger partial charge on any atom is 0.339 e. The summed E-state index contributed by atoms with van der Waals surface area (Å²) in [7, 11) is 0. The minimum absolute atomic E-state index is 0.102. The highest BCUT2D eigenvalue weighted by molar-refractivity contribution is 5.89. The lowest BCUT2D eigenvalue weighted by Crippen LogP contribution is -2.39. The van der Waals surface area contributed by atoms with Crippen LogP contribution in [0.1, 0.15) is 36.5 Å². The Balaban J connectivity index is 2.13. The zero-order valence-corrected chi connectivity index (χ0v) is 13.6. The van der Waals surface area contributed by atoms with E-state index in [4.69, 9.17) is 15.1 Å². The Hall–Kier alpha value is -2.61. The molecule has 1 aromatic carbocycles. The number of hydrogen-bond acceptors (Lipinski definition) is 6. The summed E-state index contributed by atoms with van der Waals surface area (Å²) < 4.78 is 5.06. The van der Waals surface area contributed by atoms with E-state index in [1.54, 1.807) is 24.3 Å². The van der Waals surface area contributed by atoms with Crippen LogP contribution in [-0.2, 0) is 9.53 Å². The largest absolute Gasteiger partial charge is 0.480 e. The highest BCUT2D eigenvalue weighted by atomic mass is 16.5. The minimum atomic E-state index is -0.997. The normalized spacial score (nSPS) is 12.5. The van der Waals surface area contributed by atoms with Crippen molar-refractivity contribution in [1.82, 2.24) is 10.6 Å². The van der Waals surface area contributed by atoms with Crippen molar-refractivity contribution in [1.29, 1.82) is 0 Å². The summed E-state index contributed by atoms with van der Waals surface area (Å²) in [6.45, 7) is 2.19. The molecule has 0 bridgehead atoms. The van der Waals surface area contributed by atoms with Crippen molar-refractivity contribution in [2.24, 2.45) is 5.16 Å². The maximum atomic E-state index is 11.7. The lowest BCUT2D eigenvalue weighted by atomic mass is 10.1. The molecule has 8 nitrogen and oxygen atoms in total. The molecule has 0 aliphatic carbocycles. The number of carboxylic acids is 1. The second-order valence-corrected chi connectivity index (χ2v) is 5.16. The number of esters is 1. The lowest BCUT2D eigenvalue weighted by molar-refractivity contribution is -0.139. The molecule has 0 amide bonds. The summed E-state index contributed by atoms with van der Waals surface area (Å²) in [5, 5.41) is 26.1. The average molecular weight is 337 g/mol. The standard InChI is InChI=1S/C16H23N3O5/c1-12(19-23)18-14(15(20)21)9-5-6-10-17-11-24-16(22)13-7-3-2-4-8-13/h2-4,7-8,14,17,23H,5-6,9-11H2,1H3,(H,18,19)(H,20,21)/t14-/m0/s1. The van der Waals surface area contributed by atoms with Crippen LogP contribution in [0.25, 0.3) is 0 Å². The summed E-state index contributed by atoms with van der Waals surface area (Å²) in [6.07, 6.45) is 1.78. The highest BCUT2D eigenvalue weighted by Crippen LogP contribution is 2.02. The van der Waals surface area contributed by atoms with E-state index in [0.717, 1.165) is 6.42 Å². The van der Waals surface area contributed by atoms with E-state index in [-0.39, 0.29) is 12.6 Å². The molecular formula is C16H23N3O5. The van der Waals surface area contributed by atoms with E-state index >= 15 is 0 Å². The Morgan fingerprint density at radius 1 is 1.25 bits per heavy atom. The van der Waals surface area contributed by atoms with Crippen molar-refractivity contribution in [2.45, 2.75) is 32.2 Å². The summed E-state index contributed by atoms with van der Waals surface area (Å²) >= 11 is 0. The highest BCUT2D eigenvalue weighted by Gasteiger charge is 2.16. The number of ether oxygens (including phenoxy) is 1. The second-order valence-electron chi connectivity index (χ2n) is 5.16. The molecule has 24 heavy (non-hydrogen) atoms. The number of amidine groups is 1. The van der Waals surface area contributed by atoms with E-state index in [2.05, 4.69) is 15.8 Å². The predicted octanol–water partition coefficient (Wildman–Crippen LogP) is 1.41. The monoisotopic (exact) mass is 337 g/mol. The first kappa shape index (κ1) is 19.4. The number of carboxylic acid groups (broad SMARTS) is 1. The molecule has 0 aliphatic heterocycles. The Labute approximate surface area is 140 Å². The third-order valence-electron chi connectivity index (χ3n) is 3.24. The van der Waals surface area contributed by atoms with Crippen LogP contribution in [0.2, 0.25) is 0 Å². The third kappa shape index (κ3) is 7.59. The van der Waals surface area contributed by atoms with Crippen molar-refractivity contribution < 1.29 is 24.6 Å². The van der Waals surface area contributed by atoms with Gasteiger partial charge < -0.3 is 20.4 Å². The molecule has 4 N–H and O–H groups in total. The molecule has 0 unspecified atom stereocenters. The van der Waals surface area contributed by atoms with Gasteiger partial charge in [-0.25, -0.2) is 9.59 Å². The van der Waals surface area contributed by atoms with Crippen LogP contribution in [0.3, 0.4) is 0 Å². The van der Waals surface area contributed by atoms with Crippen molar-refractivity contribution >= 4 is 17.8 Å². The van der Waals surface area contributed by atoms with Crippen LogP contribution in [0.4, 0.5) is 0 Å². The van der Waals surface area contributed by atoms with E-state index in [1.807, 2.05) is 6.07 Å². The van der Waals surface area contributed by atoms with Gasteiger partial charge in [0.25, 0.3) is 0 Å². The van der Waals surface area contributed by atoms with Gasteiger partial charge in [0.2, 0.25) is 0 Å². The molecule has 132 valence electrons. The van der Waals surface area contributed by atoms with Gasteiger partial charge in [-0.15, -0.1) is 0 Å². The van der Waals surface area contributed by atoms with E-state index < -0.39 is 18.0 Å². The Bertz CT molecular complexity index is 548. The molecule has 0 fully saturated rings. The van der Waals surface area contributed by atoms with Crippen molar-refractivity contribution in [2.75, 3.05) is 13.3 Å². The average Bonchev–Trinajstić information content (AvgIpc) is 2.59. The molecule has 8 heteroatoms. The predicted molar refractivity (Wildman–Crippen MR) is 88.0 cm³/mol. The fourth-order valence-corrected chi connectivity index (χ4v) is 1.98. The lowest BCUT2D eigenvalue weighted by Gasteiger charge is -2.14. The van der Waals surface area contributed by atoms with Crippen molar-refractivity contribution in [3.63, 3.8) is 0 Å². The van der Waals surface area contributed by atoms with Gasteiger partial charge in [0, 0.05) is 0 Å². The zero-order chi connectivity index (χ0) is 17.8. The number of unbranched alkanes of at least 4 members (excludes halogenated alkanes) is 1. The molecule has 0 aromatic heterocycles. The molecule has 0 spiro atoms. The number of aliphatic carboxylic acids is 1. The van der Waals surface area contributed by atoms with Gasteiger partial charge in [0.05, 0.1) is 5.56 Å². The van der Waals surface area contributed by atoms with Gasteiger partial charge in [0.1, 0.15) is 18.6 Å². The summed E-state index contributed by atoms with van der Waals surface area (Å²) in [5.41, 5.74) is 0.496. The number of nitrogens with zero attached hydrogens (tertiary/aromatic N) is 1. The van der Waals surface area contributed by atoms with Gasteiger partial charge in [-0.2, -0.15) is 0 Å². The minimum Gasteiger partial charge on any atom is -0.480 e. The molecular weight excluding hydrogens is 314 g/mol. The molecule has 1 atom stereocenters. The fraction of sp³-hybridized carbons (Fsp3) is 0.438. The van der Waals surface area contributed by atoms with E-state index in [1.165, 1.54) is 6.92 Å². The maximum absolute atomic E-state index is 11.7. The SMILES string of the molecule is C/C(=N\O)N[C@@H](CCCCNCOC(=O)c1ccccc1)C(=O)O. The summed E-state index contributed by atoms with van der Waals surface area (Å²) in [5.74, 6) is -1.23. The molecule has 0 saturated carbocycles. The first-order valence-electron chi connectivity index (χ1n) is 7.65. The number of benzene rings is 1. The number of rotatable bonds is 10. The van der Waals surface area contributed by atoms with Crippen LogP contribution in [0.15, 0.2) is 35.5 Å². The Morgan fingerprint density at radius 3 is 2.58 bits per heavy atom. The zero-order valence-electron chi connectivity index (χ0n) is 13.6. The molecule has 0 radical (unpaired) electrons. The van der Waals surface area contributed by atoms with Crippen LogP contribution < -0.4 is 10.6 Å². The third-order valence-corrected chi connectivity index (χ3v) is 3.24. The molecule has 1 aromatic rings. The number of oxime groups is 1. The van der Waals surface area contributed by atoms with Gasteiger partial charge in [-0.05, 0) is 44.9 Å². The van der Waals surface area contributed by atoms with E-state index in [9.17, 15) is 9.59 Å². The van der Waals surface area contributed by atoms with Crippen LogP contribution in [0.5, 0.6) is 0 Å².